The van der Waals surface area contributed by atoms with Crippen LogP contribution in [-0.2, 0) is 23.7 Å². The second-order valence-electron chi connectivity index (χ2n) is 5.43. The topological polar surface area (TPSA) is 57.5 Å². The van der Waals surface area contributed by atoms with E-state index in [0.29, 0.717) is 0 Å². The SMILES string of the molecule is FC(F)(F)[CH-]C(F)(F)F.FC(F)(F)[CH-]C(F)(F)F.OC(C(F)(F)F)C(F)(F)F.OC(C(F)(F)F)C(F)(F)F.[O]=[Ti+2]. The van der Waals surface area contributed by atoms with Crippen LogP contribution >= 0.6 is 0 Å². The molecule has 0 bridgehead atoms. The van der Waals surface area contributed by atoms with Gasteiger partial charge in [-0.1, -0.05) is 0 Å². The van der Waals surface area contributed by atoms with Gasteiger partial charge in [-0.15, -0.1) is 12.8 Å². The number of alkyl halides is 24. The van der Waals surface area contributed by atoms with Crippen molar-refractivity contribution in [3.05, 3.63) is 12.8 Å². The number of aliphatic hydroxyl groups excluding tert-OH is 2. The Hall–Kier alpha value is -1.25. The molecule has 0 aromatic carbocycles. The summed E-state index contributed by atoms with van der Waals surface area (Å²) in [5.74, 6) is 0. The van der Waals surface area contributed by atoms with Crippen LogP contribution in [0.2, 0.25) is 0 Å². The van der Waals surface area contributed by atoms with E-state index in [2.05, 4.69) is 0 Å². The van der Waals surface area contributed by atoms with Crippen molar-refractivity contribution in [2.75, 3.05) is 0 Å². The number of rotatable bonds is 0. The first-order valence-corrected chi connectivity index (χ1v) is 8.20. The van der Waals surface area contributed by atoms with Crippen molar-refractivity contribution in [3.8, 4) is 0 Å². The van der Waals surface area contributed by atoms with E-state index in [-0.39, 0.29) is 0 Å². The first kappa shape index (κ1) is 48.5. The van der Waals surface area contributed by atoms with E-state index in [9.17, 15) is 105 Å². The molecule has 0 amide bonds. The van der Waals surface area contributed by atoms with Gasteiger partial charge < -0.3 is 10.2 Å². The molecule has 0 rings (SSSR count). The monoisotopic (exact) mass is 702 g/mol. The number of aliphatic hydroxyl groups is 2. The standard InChI is InChI=1S/2C3H2F6O.2C3HF6.O.Ti/c2*4-2(5,6)1(10)3(7,8)9;2*4-2(5,6)1-3(7,8)9;;/h2*1,10H;2*1H;;/q;;2*-1;;+2. The quantitative estimate of drug-likeness (QED) is 0.157. The molecule has 3 nitrogen and oxygen atoms in total. The van der Waals surface area contributed by atoms with E-state index in [1.807, 2.05) is 0 Å². The van der Waals surface area contributed by atoms with Crippen LogP contribution in [0.1, 0.15) is 0 Å². The van der Waals surface area contributed by atoms with Gasteiger partial charge in [0.1, 0.15) is 0 Å². The summed E-state index contributed by atoms with van der Waals surface area (Å²) in [4.78, 5) is 0. The average Bonchev–Trinajstić information content (AvgIpc) is 2.54. The molecule has 2 N–H and O–H groups in total. The maximum atomic E-state index is 11.0. The summed E-state index contributed by atoms with van der Waals surface area (Å²) in [5, 5.41) is 14.9. The van der Waals surface area contributed by atoms with Crippen LogP contribution in [-0.4, -0.2) is 71.8 Å². The molecular weight excluding hydrogens is 696 g/mol. The van der Waals surface area contributed by atoms with E-state index in [1.54, 1.807) is 0 Å². The van der Waals surface area contributed by atoms with Crippen LogP contribution in [0.4, 0.5) is 105 Å². The second kappa shape index (κ2) is 17.0. The Bertz CT molecular complexity index is 536. The van der Waals surface area contributed by atoms with Gasteiger partial charge in [0.25, 0.3) is 24.7 Å². The molecule has 0 radical (unpaired) electrons. The number of hydrogen-bond acceptors (Lipinski definition) is 3. The second-order valence-corrected chi connectivity index (χ2v) is 5.43. The van der Waals surface area contributed by atoms with Gasteiger partial charge in [0.15, 0.2) is 0 Å². The zero-order valence-corrected chi connectivity index (χ0v) is 18.7. The van der Waals surface area contributed by atoms with Crippen molar-refractivity contribution in [2.45, 2.75) is 61.6 Å². The van der Waals surface area contributed by atoms with Gasteiger partial charge in [0, 0.05) is 0 Å². The molecule has 0 saturated heterocycles. The summed E-state index contributed by atoms with van der Waals surface area (Å²) in [6.45, 7) is 0. The van der Waals surface area contributed by atoms with Gasteiger partial charge in [-0.2, -0.15) is 52.7 Å². The first-order chi connectivity index (χ1) is 16.7. The van der Waals surface area contributed by atoms with Crippen LogP contribution < -0.4 is 0 Å². The molecule has 0 fully saturated rings. The summed E-state index contributed by atoms with van der Waals surface area (Å²) < 4.78 is 269. The molecule has 0 heterocycles. The van der Waals surface area contributed by atoms with Crippen molar-refractivity contribution < 1.29 is 139 Å². The number of halogens is 24. The number of hydrogen-bond donors (Lipinski definition) is 2. The third kappa shape index (κ3) is 38.9. The Labute approximate surface area is 214 Å². The Morgan fingerprint density at radius 3 is 0.450 bits per heavy atom. The summed E-state index contributed by atoms with van der Waals surface area (Å²) in [5.41, 5.74) is 0. The minimum absolute atomic E-state index is 0.750. The molecule has 0 saturated carbocycles. The van der Waals surface area contributed by atoms with Crippen LogP contribution in [0.5, 0.6) is 0 Å². The van der Waals surface area contributed by atoms with E-state index >= 15 is 0 Å². The molecule has 0 aliphatic heterocycles. The van der Waals surface area contributed by atoms with Gasteiger partial charge >= 0.3 is 48.4 Å². The summed E-state index contributed by atoms with van der Waals surface area (Å²) in [6, 6.07) is 0. The summed E-state index contributed by atoms with van der Waals surface area (Å²) in [6.07, 6.45) is -55.3. The van der Waals surface area contributed by atoms with Gasteiger partial charge in [-0.05, 0) is 0 Å². The van der Waals surface area contributed by atoms with Crippen LogP contribution in [0, 0.1) is 12.8 Å². The average molecular weight is 702 g/mol. The summed E-state index contributed by atoms with van der Waals surface area (Å²) >= 11 is 0.750. The Kier molecular flexibility index (Phi) is 20.6. The molecule has 0 aromatic rings. The third-order valence-electron chi connectivity index (χ3n) is 1.89. The maximum absolute atomic E-state index is 11.0. The fourth-order valence-electron chi connectivity index (χ4n) is 0.742. The van der Waals surface area contributed by atoms with Crippen molar-refractivity contribution in [1.29, 1.82) is 0 Å². The molecule has 0 atom stereocenters. The van der Waals surface area contributed by atoms with Crippen molar-refractivity contribution in [2.24, 2.45) is 0 Å². The fourth-order valence-corrected chi connectivity index (χ4v) is 0.742. The van der Waals surface area contributed by atoms with Crippen LogP contribution in [0.3, 0.4) is 0 Å². The summed E-state index contributed by atoms with van der Waals surface area (Å²) in [7, 11) is 0. The Morgan fingerprint density at radius 2 is 0.450 bits per heavy atom. The van der Waals surface area contributed by atoms with E-state index in [0.717, 1.165) is 20.4 Å². The van der Waals surface area contributed by atoms with Crippen LogP contribution in [0.15, 0.2) is 0 Å². The zero-order valence-electron chi connectivity index (χ0n) is 17.2. The van der Waals surface area contributed by atoms with Gasteiger partial charge in [-0.25, -0.2) is 52.7 Å². The predicted octanol–water partition coefficient (Wildman–Crippen LogP) is 7.45. The Balaban J connectivity index is -0.000000133. The molecule has 0 aliphatic rings. The molecule has 0 unspecified atom stereocenters. The Morgan fingerprint density at radius 1 is 0.350 bits per heavy atom. The predicted molar refractivity (Wildman–Crippen MR) is 69.7 cm³/mol. The molecule has 0 aliphatic carbocycles. The van der Waals surface area contributed by atoms with Gasteiger partial charge in [0.2, 0.25) is 12.2 Å². The van der Waals surface area contributed by atoms with E-state index in [4.69, 9.17) is 13.5 Å². The van der Waals surface area contributed by atoms with Gasteiger partial charge in [0.05, 0.1) is 0 Å². The normalized spacial score (nSPS) is 13.7. The molecule has 0 spiro atoms. The van der Waals surface area contributed by atoms with Gasteiger partial charge in [-0.3, -0.25) is 0 Å². The van der Waals surface area contributed by atoms with E-state index in [1.165, 1.54) is 0 Å². The first-order valence-electron chi connectivity index (χ1n) is 7.57. The van der Waals surface area contributed by atoms with Crippen molar-refractivity contribution in [3.63, 3.8) is 0 Å². The van der Waals surface area contributed by atoms with Crippen LogP contribution in [0.25, 0.3) is 0 Å². The molecule has 28 heteroatoms. The minimum atomic E-state index is -5.63. The molecular formula is C12H6F24O3Ti. The zero-order chi connectivity index (χ0) is 34.6. The van der Waals surface area contributed by atoms with Crippen molar-refractivity contribution >= 4 is 0 Å². The fraction of sp³-hybridized carbons (Fsp3) is 0.833. The molecule has 40 heavy (non-hydrogen) atoms. The van der Waals surface area contributed by atoms with E-state index < -0.39 is 74.5 Å². The molecule has 0 aromatic heterocycles. The molecule has 244 valence electrons. The third-order valence-corrected chi connectivity index (χ3v) is 1.89. The van der Waals surface area contributed by atoms with Crippen molar-refractivity contribution in [1.82, 2.24) is 0 Å².